The molecule has 10 fully saturated rings. The fourth-order valence-electron chi connectivity index (χ4n) is 18.2. The van der Waals surface area contributed by atoms with Gasteiger partial charge in [0.25, 0.3) is 0 Å². The van der Waals surface area contributed by atoms with Crippen LogP contribution in [-0.2, 0) is 6.51 Å². The summed E-state index contributed by atoms with van der Waals surface area (Å²) in [5.41, 5.74) is 0. The van der Waals surface area contributed by atoms with Gasteiger partial charge in [-0.05, 0) is 0 Å². The summed E-state index contributed by atoms with van der Waals surface area (Å²) in [7, 11) is 0. The zero-order valence-corrected chi connectivity index (χ0v) is 11.8. The molecule has 10 aliphatic rings. The molecule has 0 aliphatic carbocycles. The molecule has 0 aromatic rings. The molecule has 100 valence electrons. The van der Waals surface area contributed by atoms with Crippen molar-refractivity contribution in [2.45, 2.75) is 79.8 Å². The molecule has 0 bridgehead atoms. The first-order valence-electron chi connectivity index (χ1n) is 8.43. The van der Waals surface area contributed by atoms with Crippen LogP contribution in [0.3, 0.4) is 0 Å². The first-order valence-corrected chi connectivity index (χ1v) is 14.7. The van der Waals surface area contributed by atoms with Gasteiger partial charge in [-0.1, -0.05) is 0 Å². The SMILES string of the molecule is OCCCCCC[C]12[CH]3[CH]4[CH]5[CH]1[Fe]45321678[CH]2[CH]1[CH]6[CH]7[CH]28. The maximum atomic E-state index is 8.89. The van der Waals surface area contributed by atoms with Gasteiger partial charge in [0.2, 0.25) is 0 Å². The zero-order valence-electron chi connectivity index (χ0n) is 10.7. The summed E-state index contributed by atoms with van der Waals surface area (Å²) in [6.45, 7) is -2.25. The van der Waals surface area contributed by atoms with Crippen LogP contribution < -0.4 is 0 Å². The summed E-state index contributed by atoms with van der Waals surface area (Å²) in [5, 5.41) is 8.89. The van der Waals surface area contributed by atoms with Crippen LogP contribution in [0.15, 0.2) is 0 Å². The van der Waals surface area contributed by atoms with Crippen molar-refractivity contribution in [2.75, 3.05) is 6.61 Å². The summed E-state index contributed by atoms with van der Waals surface area (Å²) in [6, 6.07) is 0. The first kappa shape index (κ1) is 7.48. The van der Waals surface area contributed by atoms with Gasteiger partial charge in [-0.15, -0.1) is 0 Å². The second-order valence-electron chi connectivity index (χ2n) is 11.7. The van der Waals surface area contributed by atoms with Crippen LogP contribution in [0.4, 0.5) is 0 Å². The van der Waals surface area contributed by atoms with Crippen molar-refractivity contribution >= 4 is 0 Å². The molecule has 4 atom stereocenters. The number of aliphatic hydroxyl groups excluding tert-OH is 1. The van der Waals surface area contributed by atoms with Gasteiger partial charge in [-0.2, -0.15) is 0 Å². The maximum absolute atomic E-state index is 8.89. The Morgan fingerprint density at radius 1 is 0.722 bits per heavy atom. The fourth-order valence-corrected chi connectivity index (χ4v) is 93.6. The predicted octanol–water partition coefficient (Wildman–Crippen LogP) is 4.69. The van der Waals surface area contributed by atoms with Crippen LogP contribution >= 0.6 is 0 Å². The third-order valence-corrected chi connectivity index (χ3v) is 59.5. The number of hydrogen-bond donors (Lipinski definition) is 1. The van der Waals surface area contributed by atoms with Crippen LogP contribution in [0, 0.1) is 0 Å². The van der Waals surface area contributed by atoms with Crippen molar-refractivity contribution in [3.63, 3.8) is 0 Å². The van der Waals surface area contributed by atoms with Crippen molar-refractivity contribution in [3.8, 4) is 0 Å². The number of fused-ring (bicyclic) bond motifs is 10. The average molecular weight is 286 g/mol. The van der Waals surface area contributed by atoms with Crippen molar-refractivity contribution < 1.29 is 11.6 Å². The number of unbranched alkanes of at least 4 members (excludes halogenated alkanes) is 3. The van der Waals surface area contributed by atoms with E-state index in [4.69, 9.17) is 5.11 Å². The molecule has 10 heterocycles. The van der Waals surface area contributed by atoms with E-state index in [0.717, 1.165) is 6.42 Å². The molecule has 1 spiro atoms. The second kappa shape index (κ2) is 0.665. The van der Waals surface area contributed by atoms with Gasteiger partial charge in [0.15, 0.2) is 0 Å². The van der Waals surface area contributed by atoms with Gasteiger partial charge in [-0.3, -0.25) is 0 Å². The van der Waals surface area contributed by atoms with E-state index < -0.39 is 6.51 Å². The van der Waals surface area contributed by atoms with E-state index in [2.05, 4.69) is 0 Å². The molecule has 4 unspecified atom stereocenters. The number of aliphatic hydroxyl groups is 1. The van der Waals surface area contributed by atoms with Crippen molar-refractivity contribution in [1.29, 1.82) is 0 Å². The molecule has 2 heteroatoms. The van der Waals surface area contributed by atoms with E-state index in [1.165, 1.54) is 60.5 Å². The van der Waals surface area contributed by atoms with Crippen LogP contribution in [-0.4, -0.2) is 11.7 Å². The average Bonchev–Trinajstić information content (AvgIpc) is 3.32. The van der Waals surface area contributed by atoms with Gasteiger partial charge in [0.05, 0.1) is 0 Å². The van der Waals surface area contributed by atoms with E-state index in [1.807, 2.05) is 0 Å². The molecule has 10 aliphatic heterocycles. The minimum atomic E-state index is -2.67. The topological polar surface area (TPSA) is 20.2 Å². The van der Waals surface area contributed by atoms with E-state index in [-0.39, 0.29) is 0 Å². The van der Waals surface area contributed by atoms with Crippen LogP contribution in [0.2, 0.25) is 47.7 Å². The normalized spacial score (nSPS) is 113. The van der Waals surface area contributed by atoms with Crippen molar-refractivity contribution in [1.82, 2.24) is 0 Å². The van der Waals surface area contributed by atoms with E-state index in [0.29, 0.717) is 6.61 Å². The Balaban J connectivity index is 1.19. The molecule has 18 heavy (non-hydrogen) atoms. The van der Waals surface area contributed by atoms with Gasteiger partial charge in [0.1, 0.15) is 0 Å². The number of rotatable bonds is 6. The zero-order chi connectivity index (χ0) is 11.3. The molecule has 10 rings (SSSR count). The van der Waals surface area contributed by atoms with E-state index >= 15 is 0 Å². The summed E-state index contributed by atoms with van der Waals surface area (Å²) < 4.78 is 1.18. The second-order valence-corrected chi connectivity index (χ2v) is 35.4. The summed E-state index contributed by atoms with van der Waals surface area (Å²) in [5.74, 6) is 0. The Kier molecular flexibility index (Phi) is 0.276. The van der Waals surface area contributed by atoms with E-state index in [9.17, 15) is 0 Å². The van der Waals surface area contributed by atoms with Crippen LogP contribution in [0.1, 0.15) is 32.1 Å². The molecular formula is C16H22FeO. The Morgan fingerprint density at radius 3 is 1.67 bits per heavy atom. The van der Waals surface area contributed by atoms with E-state index in [1.54, 1.807) is 12.8 Å². The Morgan fingerprint density at radius 2 is 1.28 bits per heavy atom. The molecular weight excluding hydrogens is 264 g/mol. The fraction of sp³-hybridized carbons (Fsp3) is 1.00. The first-order chi connectivity index (χ1) is 8.61. The van der Waals surface area contributed by atoms with Crippen LogP contribution in [0.25, 0.3) is 0 Å². The van der Waals surface area contributed by atoms with Gasteiger partial charge >= 0.3 is 98.0 Å². The van der Waals surface area contributed by atoms with Gasteiger partial charge in [0, 0.05) is 0 Å². The van der Waals surface area contributed by atoms with Crippen molar-refractivity contribution in [2.24, 2.45) is 0 Å². The molecule has 1 N–H and O–H groups in total. The quantitative estimate of drug-likeness (QED) is 0.555. The molecule has 0 amide bonds. The minimum absolute atomic E-state index is 0.418. The summed E-state index contributed by atoms with van der Waals surface area (Å²) in [6.07, 6.45) is 7.04. The van der Waals surface area contributed by atoms with Gasteiger partial charge in [-0.25, -0.2) is 0 Å². The summed E-state index contributed by atoms with van der Waals surface area (Å²) in [4.78, 5) is 13.7. The molecule has 0 radical (unpaired) electrons. The Bertz CT molecular complexity index is 849. The molecule has 10 saturated heterocycles. The van der Waals surface area contributed by atoms with Crippen molar-refractivity contribution in [3.05, 3.63) is 0 Å². The number of hydrogen-bond acceptors (Lipinski definition) is 1. The predicted molar refractivity (Wildman–Crippen MR) is 66.6 cm³/mol. The Hall–Kier alpha value is 0.479. The third kappa shape index (κ3) is 0.0805. The van der Waals surface area contributed by atoms with Crippen LogP contribution in [0.5, 0.6) is 0 Å². The monoisotopic (exact) mass is 286 g/mol. The molecule has 1 nitrogen and oxygen atoms in total. The molecule has 0 aromatic carbocycles. The van der Waals surface area contributed by atoms with Gasteiger partial charge < -0.3 is 0 Å². The molecule has 0 aromatic heterocycles. The summed E-state index contributed by atoms with van der Waals surface area (Å²) >= 11 is 0. The Labute approximate surface area is 98.0 Å². The standard InChI is InChI=1S/C11H17O.C5H5.Fe/c12-10-6-2-1-3-7-11-8-4-5-9-11;1-2-4-5-3-1;/h4-5,8-9,12H,1-3,6-7,10H2;1-5H;. The molecule has 0 saturated carbocycles. The third-order valence-electron chi connectivity index (χ3n) is 16.4.